The van der Waals surface area contributed by atoms with Crippen LogP contribution in [0.25, 0.3) is 0 Å². The molecule has 0 saturated heterocycles. The van der Waals surface area contributed by atoms with Gasteiger partial charge in [0.15, 0.2) is 11.6 Å². The molecule has 1 amide bonds. The third-order valence-corrected chi connectivity index (χ3v) is 5.09. The first-order valence-corrected chi connectivity index (χ1v) is 9.88. The number of furan rings is 1. The van der Waals surface area contributed by atoms with Gasteiger partial charge in [-0.05, 0) is 81.3 Å². The first-order valence-electron chi connectivity index (χ1n) is 8.00. The maximum Gasteiger partial charge on any atom is 0.277 e. The second-order valence-corrected chi connectivity index (χ2v) is 7.94. The van der Waals surface area contributed by atoms with Gasteiger partial charge in [0, 0.05) is 14.8 Å². The van der Waals surface area contributed by atoms with Crippen molar-refractivity contribution in [2.75, 3.05) is 5.32 Å². The van der Waals surface area contributed by atoms with Crippen LogP contribution in [0.3, 0.4) is 0 Å². The van der Waals surface area contributed by atoms with E-state index in [1.165, 1.54) is 18.6 Å². The van der Waals surface area contributed by atoms with Gasteiger partial charge in [-0.3, -0.25) is 9.63 Å². The van der Waals surface area contributed by atoms with Crippen LogP contribution in [0.5, 0.6) is 0 Å². The maximum absolute atomic E-state index is 14.6. The Labute approximate surface area is 181 Å². The van der Waals surface area contributed by atoms with E-state index in [0.29, 0.717) is 11.3 Å². The van der Waals surface area contributed by atoms with Crippen LogP contribution in [0.2, 0.25) is 0 Å². The fourth-order valence-electron chi connectivity index (χ4n) is 2.41. The zero-order valence-electron chi connectivity index (χ0n) is 14.5. The number of anilines is 2. The van der Waals surface area contributed by atoms with Gasteiger partial charge in [0.25, 0.3) is 5.91 Å². The zero-order chi connectivity index (χ0) is 20.3. The van der Waals surface area contributed by atoms with Gasteiger partial charge >= 0.3 is 0 Å². The molecule has 1 heterocycles. The van der Waals surface area contributed by atoms with Gasteiger partial charge in [-0.15, -0.1) is 0 Å². The SMILES string of the molecule is Cc1cc(I)ccc1Nc1c(C(=O)NOCc2ccoc2)cc(Br)c(F)c1F. The highest BCUT2D eigenvalue weighted by atomic mass is 127. The van der Waals surface area contributed by atoms with Crippen molar-refractivity contribution in [1.29, 1.82) is 0 Å². The third kappa shape index (κ3) is 4.70. The number of carbonyl (C=O) groups excluding carboxylic acids is 1. The van der Waals surface area contributed by atoms with E-state index in [1.807, 2.05) is 19.1 Å². The Morgan fingerprint density at radius 1 is 1.25 bits per heavy atom. The summed E-state index contributed by atoms with van der Waals surface area (Å²) in [5.74, 6) is -3.00. The Morgan fingerprint density at radius 3 is 2.71 bits per heavy atom. The van der Waals surface area contributed by atoms with Crippen molar-refractivity contribution in [2.45, 2.75) is 13.5 Å². The molecule has 2 N–H and O–H groups in total. The highest BCUT2D eigenvalue weighted by Gasteiger charge is 2.22. The number of halogens is 4. The van der Waals surface area contributed by atoms with E-state index < -0.39 is 17.5 Å². The molecule has 3 rings (SSSR count). The molecule has 146 valence electrons. The summed E-state index contributed by atoms with van der Waals surface area (Å²) in [4.78, 5) is 17.7. The third-order valence-electron chi connectivity index (χ3n) is 3.84. The second kappa shape index (κ2) is 9.01. The van der Waals surface area contributed by atoms with Crippen LogP contribution in [-0.4, -0.2) is 5.91 Å². The fraction of sp³-hybridized carbons (Fsp3) is 0.105. The summed E-state index contributed by atoms with van der Waals surface area (Å²) in [6.45, 7) is 1.89. The fourth-order valence-corrected chi connectivity index (χ4v) is 3.46. The Hall–Kier alpha value is -1.98. The minimum atomic E-state index is -1.17. The summed E-state index contributed by atoms with van der Waals surface area (Å²) in [6.07, 6.45) is 2.94. The molecule has 0 spiro atoms. The maximum atomic E-state index is 14.6. The number of carbonyl (C=O) groups is 1. The van der Waals surface area contributed by atoms with Crippen molar-refractivity contribution in [1.82, 2.24) is 5.48 Å². The molecular weight excluding hydrogens is 549 g/mol. The van der Waals surface area contributed by atoms with Gasteiger partial charge in [-0.2, -0.15) is 0 Å². The predicted octanol–water partition coefficient (Wildman–Crippen LogP) is 5.84. The lowest BCUT2D eigenvalue weighted by Gasteiger charge is -2.16. The van der Waals surface area contributed by atoms with E-state index in [2.05, 4.69) is 49.3 Å². The van der Waals surface area contributed by atoms with E-state index >= 15 is 0 Å². The molecule has 28 heavy (non-hydrogen) atoms. The smallest absolute Gasteiger partial charge is 0.277 e. The number of hydrogen-bond acceptors (Lipinski definition) is 4. The summed E-state index contributed by atoms with van der Waals surface area (Å²) < 4.78 is 34.5. The van der Waals surface area contributed by atoms with E-state index in [1.54, 1.807) is 12.1 Å². The number of rotatable bonds is 6. The van der Waals surface area contributed by atoms with Crippen LogP contribution < -0.4 is 10.8 Å². The van der Waals surface area contributed by atoms with Crippen molar-refractivity contribution < 1.29 is 22.8 Å². The number of benzene rings is 2. The Morgan fingerprint density at radius 2 is 2.04 bits per heavy atom. The molecule has 1 aromatic heterocycles. The Bertz CT molecular complexity index is 1010. The quantitative estimate of drug-likeness (QED) is 0.225. The molecule has 0 aliphatic heterocycles. The van der Waals surface area contributed by atoms with Crippen LogP contribution in [0.15, 0.2) is 51.7 Å². The van der Waals surface area contributed by atoms with Crippen LogP contribution in [0, 0.1) is 22.1 Å². The van der Waals surface area contributed by atoms with Crippen LogP contribution in [0.4, 0.5) is 20.2 Å². The van der Waals surface area contributed by atoms with Gasteiger partial charge in [-0.1, -0.05) is 0 Å². The molecule has 3 aromatic rings. The number of aryl methyl sites for hydroxylation is 1. The van der Waals surface area contributed by atoms with Crippen molar-refractivity contribution >= 4 is 55.8 Å². The number of amides is 1. The first-order chi connectivity index (χ1) is 13.4. The van der Waals surface area contributed by atoms with Crippen LogP contribution >= 0.6 is 38.5 Å². The minimum absolute atomic E-state index is 0.0616. The minimum Gasteiger partial charge on any atom is -0.472 e. The lowest BCUT2D eigenvalue weighted by molar-refractivity contribution is 0.0232. The van der Waals surface area contributed by atoms with Crippen molar-refractivity contribution in [2.24, 2.45) is 0 Å². The average molecular weight is 563 g/mol. The van der Waals surface area contributed by atoms with Gasteiger partial charge < -0.3 is 9.73 Å². The van der Waals surface area contributed by atoms with Gasteiger partial charge in [0.2, 0.25) is 0 Å². The molecule has 0 unspecified atom stereocenters. The van der Waals surface area contributed by atoms with E-state index in [4.69, 9.17) is 9.25 Å². The zero-order valence-corrected chi connectivity index (χ0v) is 18.2. The van der Waals surface area contributed by atoms with Crippen molar-refractivity contribution in [3.8, 4) is 0 Å². The summed E-state index contributed by atoms with van der Waals surface area (Å²) in [5, 5.41) is 2.82. The first kappa shape index (κ1) is 20.7. The van der Waals surface area contributed by atoms with Gasteiger partial charge in [0.1, 0.15) is 6.61 Å². The molecule has 5 nitrogen and oxygen atoms in total. The van der Waals surface area contributed by atoms with E-state index in [0.717, 1.165) is 9.13 Å². The molecular formula is C19H14BrF2IN2O3. The molecule has 0 bridgehead atoms. The Kier molecular flexibility index (Phi) is 6.68. The summed E-state index contributed by atoms with van der Waals surface area (Å²) in [6, 6.07) is 8.29. The summed E-state index contributed by atoms with van der Waals surface area (Å²) in [7, 11) is 0. The highest BCUT2D eigenvalue weighted by molar-refractivity contribution is 14.1. The lowest BCUT2D eigenvalue weighted by atomic mass is 10.1. The molecule has 2 aromatic carbocycles. The van der Waals surface area contributed by atoms with E-state index in [9.17, 15) is 13.6 Å². The molecule has 0 aliphatic carbocycles. The largest absolute Gasteiger partial charge is 0.472 e. The van der Waals surface area contributed by atoms with Gasteiger partial charge in [-0.25, -0.2) is 14.3 Å². The summed E-state index contributed by atoms with van der Waals surface area (Å²) >= 11 is 5.08. The lowest BCUT2D eigenvalue weighted by Crippen LogP contribution is -2.25. The van der Waals surface area contributed by atoms with Crippen LogP contribution in [-0.2, 0) is 11.4 Å². The number of hydrogen-bond donors (Lipinski definition) is 2. The second-order valence-electron chi connectivity index (χ2n) is 5.84. The van der Waals surface area contributed by atoms with Crippen LogP contribution in [0.1, 0.15) is 21.5 Å². The van der Waals surface area contributed by atoms with Gasteiger partial charge in [0.05, 0.1) is 28.2 Å². The molecule has 0 fully saturated rings. The molecule has 0 aliphatic rings. The highest BCUT2D eigenvalue weighted by Crippen LogP contribution is 2.32. The number of hydroxylamine groups is 1. The summed E-state index contributed by atoms with van der Waals surface area (Å²) in [5.41, 5.74) is 3.91. The normalized spacial score (nSPS) is 10.8. The molecule has 0 atom stereocenters. The predicted molar refractivity (Wildman–Crippen MR) is 112 cm³/mol. The number of nitrogens with one attached hydrogen (secondary N) is 2. The average Bonchev–Trinajstić information content (AvgIpc) is 3.17. The molecule has 0 saturated carbocycles. The van der Waals surface area contributed by atoms with E-state index in [-0.39, 0.29) is 22.3 Å². The molecule has 9 heteroatoms. The topological polar surface area (TPSA) is 63.5 Å². The standard InChI is InChI=1S/C19H14BrF2IN2O3/c1-10-6-12(23)2-3-15(10)24-18-13(7-14(20)16(21)17(18)22)19(26)25-28-9-11-4-5-27-8-11/h2-8,24H,9H2,1H3,(H,25,26). The Balaban J connectivity index is 1.87. The molecule has 0 radical (unpaired) electrons. The van der Waals surface area contributed by atoms with Crippen molar-refractivity contribution in [3.05, 3.63) is 79.2 Å². The monoisotopic (exact) mass is 562 g/mol. The van der Waals surface area contributed by atoms with Crippen molar-refractivity contribution in [3.63, 3.8) is 0 Å².